The maximum Gasteiger partial charge on any atom is 0.221 e. The number of hydrogen-bond acceptors (Lipinski definition) is 5. The van der Waals surface area contributed by atoms with Crippen molar-refractivity contribution < 1.29 is 9.53 Å². The van der Waals surface area contributed by atoms with Crippen LogP contribution in [0.3, 0.4) is 0 Å². The lowest BCUT2D eigenvalue weighted by molar-refractivity contribution is -0.114. The van der Waals surface area contributed by atoms with Crippen LogP contribution in [0.15, 0.2) is 29.4 Å². The summed E-state index contributed by atoms with van der Waals surface area (Å²) in [6, 6.07) is 7.38. The van der Waals surface area contributed by atoms with Crippen molar-refractivity contribution in [2.24, 2.45) is 5.10 Å². The predicted molar refractivity (Wildman–Crippen MR) is 99.3 cm³/mol. The Labute approximate surface area is 147 Å². The van der Waals surface area contributed by atoms with E-state index < -0.39 is 0 Å². The summed E-state index contributed by atoms with van der Waals surface area (Å²) in [5.41, 5.74) is 4.46. The molecule has 0 aromatic heterocycles. The fourth-order valence-corrected chi connectivity index (χ4v) is 2.37. The van der Waals surface area contributed by atoms with Crippen LogP contribution < -0.4 is 16.1 Å². The van der Waals surface area contributed by atoms with Crippen LogP contribution in [0.25, 0.3) is 0 Å². The van der Waals surface area contributed by atoms with Crippen molar-refractivity contribution in [1.82, 2.24) is 15.6 Å². The lowest BCUT2D eigenvalue weighted by Gasteiger charge is -2.26. The molecule has 0 aliphatic carbocycles. The average molecular weight is 349 g/mol. The summed E-state index contributed by atoms with van der Waals surface area (Å²) in [6.07, 6.45) is 1.67. The summed E-state index contributed by atoms with van der Waals surface area (Å²) in [4.78, 5) is 13.3. The highest BCUT2D eigenvalue weighted by Gasteiger charge is 2.09. The molecule has 130 valence electrons. The number of ether oxygens (including phenoxy) is 1. The fourth-order valence-electron chi connectivity index (χ4n) is 2.21. The molecule has 24 heavy (non-hydrogen) atoms. The van der Waals surface area contributed by atoms with Gasteiger partial charge in [-0.05, 0) is 29.9 Å². The van der Waals surface area contributed by atoms with E-state index in [0.29, 0.717) is 5.11 Å². The third-order valence-corrected chi connectivity index (χ3v) is 3.66. The fraction of sp³-hybridized carbons (Fsp3) is 0.438. The summed E-state index contributed by atoms with van der Waals surface area (Å²) in [5.74, 6) is -0.0911. The van der Waals surface area contributed by atoms with Crippen molar-refractivity contribution in [3.05, 3.63) is 29.8 Å². The number of hydrogen-bond donors (Lipinski definition) is 3. The molecule has 8 heteroatoms. The molecular weight excluding hydrogens is 326 g/mol. The van der Waals surface area contributed by atoms with Crippen molar-refractivity contribution in [3.8, 4) is 0 Å². The molecule has 0 atom stereocenters. The SMILES string of the molecule is CC(=O)Nc1ccc(/C=N/NC(=S)NCCN2CCOCC2)cc1. The van der Waals surface area contributed by atoms with E-state index in [1.54, 1.807) is 6.21 Å². The van der Waals surface area contributed by atoms with Crippen LogP contribution in [0.1, 0.15) is 12.5 Å². The van der Waals surface area contributed by atoms with Crippen molar-refractivity contribution in [2.75, 3.05) is 44.7 Å². The lowest BCUT2D eigenvalue weighted by Crippen LogP contribution is -2.42. The minimum absolute atomic E-state index is 0.0911. The minimum Gasteiger partial charge on any atom is -0.379 e. The van der Waals surface area contributed by atoms with E-state index in [1.165, 1.54) is 6.92 Å². The Balaban J connectivity index is 1.65. The zero-order valence-corrected chi connectivity index (χ0v) is 14.6. The van der Waals surface area contributed by atoms with E-state index in [0.717, 1.165) is 50.6 Å². The first-order chi connectivity index (χ1) is 11.6. The maximum atomic E-state index is 11.0. The summed E-state index contributed by atoms with van der Waals surface area (Å²) in [7, 11) is 0. The Morgan fingerprint density at radius 2 is 2.04 bits per heavy atom. The summed E-state index contributed by atoms with van der Waals surface area (Å²) in [6.45, 7) is 6.71. The van der Waals surface area contributed by atoms with Gasteiger partial charge in [-0.2, -0.15) is 5.10 Å². The molecule has 0 bridgehead atoms. The first-order valence-corrected chi connectivity index (χ1v) is 8.29. The van der Waals surface area contributed by atoms with Crippen molar-refractivity contribution in [1.29, 1.82) is 0 Å². The van der Waals surface area contributed by atoms with Gasteiger partial charge in [0.15, 0.2) is 5.11 Å². The Hall–Kier alpha value is -2.03. The lowest BCUT2D eigenvalue weighted by atomic mass is 10.2. The topological polar surface area (TPSA) is 78.0 Å². The molecule has 0 unspecified atom stereocenters. The van der Waals surface area contributed by atoms with Crippen molar-refractivity contribution >= 4 is 35.1 Å². The number of carbonyl (C=O) groups excluding carboxylic acids is 1. The van der Waals surface area contributed by atoms with Crippen LogP contribution in [0.2, 0.25) is 0 Å². The number of carbonyl (C=O) groups is 1. The number of thiocarbonyl (C=S) groups is 1. The molecule has 1 saturated heterocycles. The van der Waals surface area contributed by atoms with Crippen LogP contribution in [-0.4, -0.2) is 61.5 Å². The van der Waals surface area contributed by atoms with Gasteiger partial charge in [0.25, 0.3) is 0 Å². The van der Waals surface area contributed by atoms with Crippen LogP contribution in [-0.2, 0) is 9.53 Å². The van der Waals surface area contributed by atoms with E-state index in [-0.39, 0.29) is 5.91 Å². The Kier molecular flexibility index (Phi) is 7.60. The van der Waals surface area contributed by atoms with E-state index in [2.05, 4.69) is 26.1 Å². The summed E-state index contributed by atoms with van der Waals surface area (Å²) < 4.78 is 5.31. The largest absolute Gasteiger partial charge is 0.379 e. The van der Waals surface area contributed by atoms with Crippen LogP contribution in [0.4, 0.5) is 5.69 Å². The number of hydrazone groups is 1. The molecule has 1 aromatic carbocycles. The highest BCUT2D eigenvalue weighted by atomic mass is 32.1. The normalized spacial score (nSPS) is 15.2. The molecule has 1 fully saturated rings. The number of anilines is 1. The molecule has 0 radical (unpaired) electrons. The molecular formula is C16H23N5O2S. The Morgan fingerprint density at radius 3 is 2.71 bits per heavy atom. The average Bonchev–Trinajstić information content (AvgIpc) is 2.57. The molecule has 0 spiro atoms. The first kappa shape index (κ1) is 18.3. The Morgan fingerprint density at radius 1 is 1.33 bits per heavy atom. The molecule has 1 amide bonds. The third kappa shape index (κ3) is 7.03. The quantitative estimate of drug-likeness (QED) is 0.400. The van der Waals surface area contributed by atoms with E-state index >= 15 is 0 Å². The van der Waals surface area contributed by atoms with Crippen LogP contribution in [0, 0.1) is 0 Å². The second kappa shape index (κ2) is 9.96. The molecule has 3 N–H and O–H groups in total. The predicted octanol–water partition coefficient (Wildman–Crippen LogP) is 0.775. The molecule has 1 aromatic rings. The molecule has 0 saturated carbocycles. The van der Waals surface area contributed by atoms with Gasteiger partial charge < -0.3 is 15.4 Å². The van der Waals surface area contributed by atoms with Gasteiger partial charge in [0.05, 0.1) is 19.4 Å². The van der Waals surface area contributed by atoms with Gasteiger partial charge in [0.2, 0.25) is 5.91 Å². The highest BCUT2D eigenvalue weighted by molar-refractivity contribution is 7.80. The van der Waals surface area contributed by atoms with Gasteiger partial charge in [0, 0.05) is 38.8 Å². The van der Waals surface area contributed by atoms with Gasteiger partial charge in [-0.15, -0.1) is 0 Å². The third-order valence-electron chi connectivity index (χ3n) is 3.43. The molecule has 1 aliphatic rings. The van der Waals surface area contributed by atoms with Crippen LogP contribution in [0.5, 0.6) is 0 Å². The van der Waals surface area contributed by atoms with Crippen molar-refractivity contribution in [3.63, 3.8) is 0 Å². The minimum atomic E-state index is -0.0911. The number of rotatable bonds is 6. The smallest absolute Gasteiger partial charge is 0.221 e. The highest BCUT2D eigenvalue weighted by Crippen LogP contribution is 2.07. The zero-order chi connectivity index (χ0) is 17.2. The monoisotopic (exact) mass is 349 g/mol. The standard InChI is InChI=1S/C16H23N5O2S/c1-13(22)19-15-4-2-14(3-5-15)12-18-20-16(24)17-6-7-21-8-10-23-11-9-21/h2-5,12H,6-11H2,1H3,(H,19,22)(H2,17,20,24)/b18-12+. The van der Waals surface area contributed by atoms with Gasteiger partial charge in [-0.25, -0.2) is 0 Å². The van der Waals surface area contributed by atoms with Gasteiger partial charge in [-0.1, -0.05) is 12.1 Å². The van der Waals surface area contributed by atoms with Gasteiger partial charge in [0.1, 0.15) is 0 Å². The van der Waals surface area contributed by atoms with Crippen molar-refractivity contribution in [2.45, 2.75) is 6.92 Å². The molecule has 7 nitrogen and oxygen atoms in total. The second-order valence-corrected chi connectivity index (χ2v) is 5.79. The number of amides is 1. The molecule has 1 heterocycles. The molecule has 2 rings (SSSR count). The maximum absolute atomic E-state index is 11.0. The number of nitrogens with one attached hydrogen (secondary N) is 3. The number of nitrogens with zero attached hydrogens (tertiary/aromatic N) is 2. The summed E-state index contributed by atoms with van der Waals surface area (Å²) >= 11 is 5.18. The van der Waals surface area contributed by atoms with E-state index in [4.69, 9.17) is 17.0 Å². The van der Waals surface area contributed by atoms with E-state index in [1.807, 2.05) is 24.3 Å². The zero-order valence-electron chi connectivity index (χ0n) is 13.7. The van der Waals surface area contributed by atoms with E-state index in [9.17, 15) is 4.79 Å². The Bertz CT molecular complexity index is 570. The first-order valence-electron chi connectivity index (χ1n) is 7.88. The van der Waals surface area contributed by atoms with Gasteiger partial charge in [-0.3, -0.25) is 15.1 Å². The second-order valence-electron chi connectivity index (χ2n) is 5.38. The van der Waals surface area contributed by atoms with Crippen LogP contribution >= 0.6 is 12.2 Å². The van der Waals surface area contributed by atoms with Gasteiger partial charge >= 0.3 is 0 Å². The number of morpholine rings is 1. The molecule has 1 aliphatic heterocycles. The number of benzene rings is 1. The summed E-state index contributed by atoms with van der Waals surface area (Å²) in [5, 5.41) is 10.4.